The van der Waals surface area contributed by atoms with Crippen molar-refractivity contribution in [2.24, 2.45) is 0 Å². The van der Waals surface area contributed by atoms with E-state index in [9.17, 15) is 0 Å². The minimum atomic E-state index is 0.474. The molecule has 0 spiro atoms. The molecule has 0 unspecified atom stereocenters. The van der Waals surface area contributed by atoms with Crippen LogP contribution in [0.1, 0.15) is 11.1 Å². The predicted octanol–water partition coefficient (Wildman–Crippen LogP) is 8.75. The number of hydrogen-bond acceptors (Lipinski definition) is 0. The van der Waals surface area contributed by atoms with Gasteiger partial charge in [-0.15, -0.1) is 0 Å². The molecule has 0 aliphatic carbocycles. The summed E-state index contributed by atoms with van der Waals surface area (Å²) in [7, 11) is 0. The van der Waals surface area contributed by atoms with Gasteiger partial charge in [0.25, 0.3) is 0 Å². The van der Waals surface area contributed by atoms with Crippen LogP contribution in [0.3, 0.4) is 0 Å². The first-order chi connectivity index (χ1) is 16.4. The quantitative estimate of drug-likeness (QED) is 0.239. The predicted molar refractivity (Wildman–Crippen MR) is 140 cm³/mol. The first-order valence-corrected chi connectivity index (χ1v) is 11.3. The minimum absolute atomic E-state index is 0.474. The van der Waals surface area contributed by atoms with E-state index in [4.69, 9.17) is 0 Å². The molecule has 0 aliphatic heterocycles. The number of para-hydroxylation sites is 3. The van der Waals surface area contributed by atoms with Crippen LogP contribution >= 0.6 is 0 Å². The Morgan fingerprint density at radius 3 is 0.939 bits per heavy atom. The minimum Gasteiger partial charge on any atom is -0.200 e. The van der Waals surface area contributed by atoms with Gasteiger partial charge in [0, 0.05) is 42.0 Å². The molecule has 33 heavy (non-hydrogen) atoms. The van der Waals surface area contributed by atoms with Crippen LogP contribution in [-0.2, 0) is 0 Å². The van der Waals surface area contributed by atoms with E-state index in [2.05, 4.69) is 158 Å². The Morgan fingerprint density at radius 1 is 0.364 bits per heavy atom. The van der Waals surface area contributed by atoms with Crippen molar-refractivity contribution in [2.45, 2.75) is 0 Å². The maximum Gasteiger partial charge on any atom is 0.147 e. The van der Waals surface area contributed by atoms with Crippen LogP contribution in [0.2, 0.25) is 0 Å². The number of nitrogens with zero attached hydrogens (tertiary/aromatic N) is 1. The summed E-state index contributed by atoms with van der Waals surface area (Å²) in [6.45, 7) is 0. The first kappa shape index (κ1) is 20.7. The molecule has 5 aromatic carbocycles. The third-order valence-electron chi connectivity index (χ3n) is 5.98. The molecule has 1 heteroatoms. The van der Waals surface area contributed by atoms with Crippen LogP contribution in [0.15, 0.2) is 158 Å². The average molecular weight is 425 g/mol. The fourth-order valence-electron chi connectivity index (χ4n) is 4.41. The normalized spacial score (nSPS) is 11.0. The summed E-state index contributed by atoms with van der Waals surface area (Å²) in [5, 5.41) is 0. The highest BCUT2D eigenvalue weighted by molar-refractivity contribution is 5.85. The van der Waals surface area contributed by atoms with Crippen molar-refractivity contribution in [3.8, 4) is 0 Å². The molecule has 1 nitrogen and oxygen atoms in total. The topological polar surface area (TPSA) is 0 Å². The van der Waals surface area contributed by atoms with Gasteiger partial charge >= 0.3 is 0 Å². The molecule has 0 saturated heterocycles. The molecule has 158 valence electrons. The van der Waals surface area contributed by atoms with E-state index in [0.29, 0.717) is 4.48 Å². The molecule has 0 heterocycles. The van der Waals surface area contributed by atoms with Crippen molar-refractivity contribution >= 4 is 22.6 Å². The highest BCUT2D eigenvalue weighted by atomic mass is 15.4. The molecule has 0 amide bonds. The van der Waals surface area contributed by atoms with Gasteiger partial charge in [-0.3, -0.25) is 0 Å². The zero-order chi connectivity index (χ0) is 22.3. The second-order valence-electron chi connectivity index (χ2n) is 8.00. The zero-order valence-electron chi connectivity index (χ0n) is 18.5. The molecule has 0 N–H and O–H groups in total. The van der Waals surface area contributed by atoms with E-state index in [1.165, 1.54) is 33.8 Å². The lowest BCUT2D eigenvalue weighted by Gasteiger charge is -2.34. The van der Waals surface area contributed by atoms with Gasteiger partial charge in [0.1, 0.15) is 23.3 Å². The maximum atomic E-state index is 2.39. The van der Waals surface area contributed by atoms with Crippen molar-refractivity contribution in [1.82, 2.24) is 4.48 Å². The van der Waals surface area contributed by atoms with Crippen LogP contribution in [0.5, 0.6) is 0 Å². The SMILES string of the molecule is C(=C(c1ccccc1)c1ccccc1)[N+](c1ccccc1)(c1ccccc1)c1ccccc1. The molecule has 0 atom stereocenters. The fraction of sp³-hybridized carbons (Fsp3) is 0. The van der Waals surface area contributed by atoms with Gasteiger partial charge in [-0.2, -0.15) is 4.48 Å². The fourth-order valence-corrected chi connectivity index (χ4v) is 4.41. The molecule has 0 radical (unpaired) electrons. The smallest absolute Gasteiger partial charge is 0.147 e. The van der Waals surface area contributed by atoms with Gasteiger partial charge in [0.15, 0.2) is 0 Å². The maximum absolute atomic E-state index is 2.39. The van der Waals surface area contributed by atoms with Crippen LogP contribution < -0.4 is 4.48 Å². The zero-order valence-corrected chi connectivity index (χ0v) is 18.5. The van der Waals surface area contributed by atoms with E-state index in [-0.39, 0.29) is 0 Å². The Morgan fingerprint density at radius 2 is 0.636 bits per heavy atom. The average Bonchev–Trinajstić information content (AvgIpc) is 2.92. The first-order valence-electron chi connectivity index (χ1n) is 11.3. The summed E-state index contributed by atoms with van der Waals surface area (Å²) in [5.74, 6) is 0. The van der Waals surface area contributed by atoms with Crippen LogP contribution in [0.4, 0.5) is 17.1 Å². The number of quaternary nitrogens is 1. The number of hydrogen-bond donors (Lipinski definition) is 0. The van der Waals surface area contributed by atoms with Gasteiger partial charge in [-0.25, -0.2) is 0 Å². The molecule has 5 rings (SSSR count). The lowest BCUT2D eigenvalue weighted by molar-refractivity contribution is 0.690. The largest absolute Gasteiger partial charge is 0.200 e. The summed E-state index contributed by atoms with van der Waals surface area (Å²) in [4.78, 5) is 0. The molecule has 0 fully saturated rings. The highest BCUT2D eigenvalue weighted by Gasteiger charge is 2.35. The van der Waals surface area contributed by atoms with E-state index >= 15 is 0 Å². The molecule has 0 bridgehead atoms. The summed E-state index contributed by atoms with van der Waals surface area (Å²) in [5.41, 5.74) is 7.11. The van der Waals surface area contributed by atoms with E-state index in [1.54, 1.807) is 0 Å². The molecule has 0 aromatic heterocycles. The monoisotopic (exact) mass is 424 g/mol. The van der Waals surface area contributed by atoms with Crippen molar-refractivity contribution in [3.05, 3.63) is 169 Å². The van der Waals surface area contributed by atoms with Crippen molar-refractivity contribution < 1.29 is 0 Å². The highest BCUT2D eigenvalue weighted by Crippen LogP contribution is 2.46. The standard InChI is InChI=1S/C32H26N/c1-6-16-27(17-7-1)32(28-18-8-2-9-19-28)26-33(29-20-10-3-11-21-29,30-22-12-4-13-23-30)31-24-14-5-15-25-31/h1-26H/q+1. The Labute approximate surface area is 196 Å². The van der Waals surface area contributed by atoms with E-state index in [1.807, 2.05) is 0 Å². The molecular weight excluding hydrogens is 398 g/mol. The van der Waals surface area contributed by atoms with E-state index < -0.39 is 0 Å². The lowest BCUT2D eigenvalue weighted by Crippen LogP contribution is -2.33. The van der Waals surface area contributed by atoms with Crippen molar-refractivity contribution in [1.29, 1.82) is 0 Å². The van der Waals surface area contributed by atoms with Gasteiger partial charge < -0.3 is 0 Å². The second-order valence-corrected chi connectivity index (χ2v) is 8.00. The molecular formula is C32H26N+. The lowest BCUT2D eigenvalue weighted by atomic mass is 9.97. The van der Waals surface area contributed by atoms with Crippen molar-refractivity contribution in [2.75, 3.05) is 0 Å². The Kier molecular flexibility index (Phi) is 5.97. The van der Waals surface area contributed by atoms with Crippen LogP contribution in [-0.4, -0.2) is 0 Å². The Balaban J connectivity index is 1.90. The van der Waals surface area contributed by atoms with Gasteiger partial charge in [0.2, 0.25) is 0 Å². The molecule has 5 aromatic rings. The van der Waals surface area contributed by atoms with E-state index in [0.717, 1.165) is 0 Å². The summed E-state index contributed by atoms with van der Waals surface area (Å²) >= 11 is 0. The van der Waals surface area contributed by atoms with Gasteiger partial charge in [0.05, 0.1) is 0 Å². The Bertz CT molecular complexity index is 1170. The van der Waals surface area contributed by atoms with Gasteiger partial charge in [-0.1, -0.05) is 115 Å². The Hall–Kier alpha value is -4.20. The molecule has 0 saturated carbocycles. The van der Waals surface area contributed by atoms with Crippen LogP contribution in [0.25, 0.3) is 5.57 Å². The number of rotatable bonds is 6. The van der Waals surface area contributed by atoms with Crippen LogP contribution in [0, 0.1) is 0 Å². The van der Waals surface area contributed by atoms with Gasteiger partial charge in [-0.05, 0) is 11.1 Å². The third kappa shape index (κ3) is 4.15. The van der Waals surface area contributed by atoms with Crippen molar-refractivity contribution in [3.63, 3.8) is 0 Å². The summed E-state index contributed by atoms with van der Waals surface area (Å²) < 4.78 is 0.474. The second kappa shape index (κ2) is 9.52. The summed E-state index contributed by atoms with van der Waals surface area (Å²) in [6.07, 6.45) is 2.39. The molecule has 0 aliphatic rings. The summed E-state index contributed by atoms with van der Waals surface area (Å²) in [6, 6.07) is 53.5. The third-order valence-corrected chi connectivity index (χ3v) is 5.98. The number of benzene rings is 5.